The average molecular weight is 248 g/mol. The van der Waals surface area contributed by atoms with E-state index in [2.05, 4.69) is 47.1 Å². The molecule has 1 aliphatic heterocycles. The van der Waals surface area contributed by atoms with Gasteiger partial charge in [-0.15, -0.1) is 0 Å². The Morgan fingerprint density at radius 1 is 1.33 bits per heavy atom. The molecule has 0 saturated carbocycles. The molecule has 1 aliphatic rings. The lowest BCUT2D eigenvalue weighted by atomic mass is 10.0. The van der Waals surface area contributed by atoms with Gasteiger partial charge in [-0.05, 0) is 26.0 Å². The van der Waals surface area contributed by atoms with Crippen molar-refractivity contribution in [2.45, 2.75) is 19.4 Å². The maximum absolute atomic E-state index is 4.40. The number of hydrogen-bond acceptors (Lipinski definition) is 4. The molecule has 1 N–H and O–H groups in total. The Labute approximate surface area is 110 Å². The summed E-state index contributed by atoms with van der Waals surface area (Å²) in [5, 5.41) is 3.40. The number of anilines is 1. The Bertz CT molecular complexity index is 357. The Hall–Kier alpha value is -1.13. The van der Waals surface area contributed by atoms with Crippen LogP contribution in [-0.4, -0.2) is 55.2 Å². The van der Waals surface area contributed by atoms with Crippen LogP contribution in [0.5, 0.6) is 0 Å². The molecule has 18 heavy (non-hydrogen) atoms. The number of nitrogens with one attached hydrogen (secondary N) is 1. The molecule has 0 radical (unpaired) electrons. The van der Waals surface area contributed by atoms with E-state index in [1.54, 1.807) is 0 Å². The molecule has 2 heterocycles. The monoisotopic (exact) mass is 248 g/mol. The maximum atomic E-state index is 4.40. The molecule has 1 aromatic heterocycles. The first-order valence-electron chi connectivity index (χ1n) is 6.67. The van der Waals surface area contributed by atoms with Crippen LogP contribution < -0.4 is 10.2 Å². The topological polar surface area (TPSA) is 31.4 Å². The minimum Gasteiger partial charge on any atom is -0.358 e. The van der Waals surface area contributed by atoms with Gasteiger partial charge in [0, 0.05) is 51.5 Å². The molecule has 0 atom stereocenters. The number of hydrogen-bond donors (Lipinski definition) is 1. The molecule has 1 fully saturated rings. The highest BCUT2D eigenvalue weighted by molar-refractivity contribution is 5.37. The van der Waals surface area contributed by atoms with Crippen LogP contribution in [0.3, 0.4) is 0 Å². The van der Waals surface area contributed by atoms with E-state index >= 15 is 0 Å². The summed E-state index contributed by atoms with van der Waals surface area (Å²) in [6, 6.07) is 6.06. The lowest BCUT2D eigenvalue weighted by Crippen LogP contribution is -2.57. The van der Waals surface area contributed by atoms with Crippen LogP contribution in [0, 0.1) is 0 Å². The van der Waals surface area contributed by atoms with Crippen LogP contribution in [-0.2, 0) is 0 Å². The van der Waals surface area contributed by atoms with Crippen molar-refractivity contribution in [2.75, 3.05) is 44.7 Å². The van der Waals surface area contributed by atoms with E-state index < -0.39 is 0 Å². The first-order chi connectivity index (χ1) is 8.59. The molecule has 0 amide bonds. The van der Waals surface area contributed by atoms with Crippen LogP contribution in [0.4, 0.5) is 5.82 Å². The third-order valence-corrected chi connectivity index (χ3v) is 3.64. The maximum Gasteiger partial charge on any atom is 0.128 e. The number of piperazine rings is 1. The molecule has 1 aromatic rings. The second kappa shape index (κ2) is 5.67. The lowest BCUT2D eigenvalue weighted by Gasteiger charge is -2.43. The van der Waals surface area contributed by atoms with Gasteiger partial charge in [-0.25, -0.2) is 4.98 Å². The predicted molar refractivity (Wildman–Crippen MR) is 76.0 cm³/mol. The van der Waals surface area contributed by atoms with E-state index in [1.807, 2.05) is 18.3 Å². The van der Waals surface area contributed by atoms with Crippen molar-refractivity contribution < 1.29 is 0 Å². The molecule has 4 nitrogen and oxygen atoms in total. The Morgan fingerprint density at radius 3 is 2.67 bits per heavy atom. The minimum atomic E-state index is 0.175. The SMILES string of the molecule is CN(CC(C)(C)N1CCNCC1)c1ccccn1. The van der Waals surface area contributed by atoms with Crippen molar-refractivity contribution in [3.8, 4) is 0 Å². The third kappa shape index (κ3) is 3.21. The summed E-state index contributed by atoms with van der Waals surface area (Å²) in [6.07, 6.45) is 1.85. The van der Waals surface area contributed by atoms with Crippen LogP contribution in [0.2, 0.25) is 0 Å². The molecule has 0 bridgehead atoms. The van der Waals surface area contributed by atoms with Gasteiger partial charge in [-0.3, -0.25) is 4.90 Å². The van der Waals surface area contributed by atoms with Crippen LogP contribution >= 0.6 is 0 Å². The molecular formula is C14H24N4. The number of aromatic nitrogens is 1. The molecule has 0 unspecified atom stereocenters. The summed E-state index contributed by atoms with van der Waals surface area (Å²) in [7, 11) is 2.12. The predicted octanol–water partition coefficient (Wildman–Crippen LogP) is 1.20. The van der Waals surface area contributed by atoms with Crippen molar-refractivity contribution in [1.82, 2.24) is 15.2 Å². The molecule has 0 spiro atoms. The highest BCUT2D eigenvalue weighted by atomic mass is 15.3. The van der Waals surface area contributed by atoms with Gasteiger partial charge in [0.05, 0.1) is 0 Å². The highest BCUT2D eigenvalue weighted by Gasteiger charge is 2.29. The van der Waals surface area contributed by atoms with E-state index in [1.165, 1.54) is 0 Å². The summed E-state index contributed by atoms with van der Waals surface area (Å²) in [5.41, 5.74) is 0.175. The minimum absolute atomic E-state index is 0.175. The van der Waals surface area contributed by atoms with Gasteiger partial charge in [-0.1, -0.05) is 6.07 Å². The molecule has 2 rings (SSSR count). The second-order valence-electron chi connectivity index (χ2n) is 5.59. The quantitative estimate of drug-likeness (QED) is 0.867. The van der Waals surface area contributed by atoms with Crippen LogP contribution in [0.1, 0.15) is 13.8 Å². The van der Waals surface area contributed by atoms with Crippen LogP contribution in [0.15, 0.2) is 24.4 Å². The van der Waals surface area contributed by atoms with E-state index in [0.717, 1.165) is 38.5 Å². The highest BCUT2D eigenvalue weighted by Crippen LogP contribution is 2.18. The normalized spacial score (nSPS) is 17.7. The molecule has 4 heteroatoms. The number of nitrogens with zero attached hydrogens (tertiary/aromatic N) is 3. The van der Waals surface area contributed by atoms with Gasteiger partial charge in [-0.2, -0.15) is 0 Å². The Morgan fingerprint density at radius 2 is 2.06 bits per heavy atom. The smallest absolute Gasteiger partial charge is 0.128 e. The van der Waals surface area contributed by atoms with Crippen molar-refractivity contribution in [3.63, 3.8) is 0 Å². The van der Waals surface area contributed by atoms with Gasteiger partial charge < -0.3 is 10.2 Å². The van der Waals surface area contributed by atoms with Gasteiger partial charge in [0.15, 0.2) is 0 Å². The van der Waals surface area contributed by atoms with E-state index in [9.17, 15) is 0 Å². The fourth-order valence-corrected chi connectivity index (χ4v) is 2.61. The first-order valence-corrected chi connectivity index (χ1v) is 6.67. The van der Waals surface area contributed by atoms with E-state index in [4.69, 9.17) is 0 Å². The Kier molecular flexibility index (Phi) is 4.19. The van der Waals surface area contributed by atoms with Crippen molar-refractivity contribution in [3.05, 3.63) is 24.4 Å². The van der Waals surface area contributed by atoms with Crippen molar-refractivity contribution in [1.29, 1.82) is 0 Å². The van der Waals surface area contributed by atoms with Gasteiger partial charge in [0.25, 0.3) is 0 Å². The number of likely N-dealkylation sites (N-methyl/N-ethyl adjacent to an activating group) is 1. The van der Waals surface area contributed by atoms with Crippen molar-refractivity contribution >= 4 is 5.82 Å². The summed E-state index contributed by atoms with van der Waals surface area (Å²) in [6.45, 7) is 10.1. The standard InChI is InChI=1S/C14H24N4/c1-14(2,18-10-8-15-9-11-18)12-17(3)13-6-4-5-7-16-13/h4-7,15H,8-12H2,1-3H3. The van der Waals surface area contributed by atoms with E-state index in [-0.39, 0.29) is 5.54 Å². The van der Waals surface area contributed by atoms with Crippen molar-refractivity contribution in [2.24, 2.45) is 0 Å². The molecule has 100 valence electrons. The third-order valence-electron chi connectivity index (χ3n) is 3.64. The fourth-order valence-electron chi connectivity index (χ4n) is 2.61. The van der Waals surface area contributed by atoms with Crippen LogP contribution in [0.25, 0.3) is 0 Å². The van der Waals surface area contributed by atoms with E-state index in [0.29, 0.717) is 0 Å². The largest absolute Gasteiger partial charge is 0.358 e. The van der Waals surface area contributed by atoms with Gasteiger partial charge >= 0.3 is 0 Å². The number of rotatable bonds is 4. The molecule has 0 aromatic carbocycles. The fraction of sp³-hybridized carbons (Fsp3) is 0.643. The second-order valence-corrected chi connectivity index (χ2v) is 5.59. The molecule has 0 aliphatic carbocycles. The van der Waals surface area contributed by atoms with Gasteiger partial charge in [0.1, 0.15) is 5.82 Å². The molecule has 1 saturated heterocycles. The van der Waals surface area contributed by atoms with Gasteiger partial charge in [0.2, 0.25) is 0 Å². The zero-order valence-corrected chi connectivity index (χ0v) is 11.7. The first kappa shape index (κ1) is 13.3. The number of pyridine rings is 1. The summed E-state index contributed by atoms with van der Waals surface area (Å²) in [5.74, 6) is 1.04. The summed E-state index contributed by atoms with van der Waals surface area (Å²) in [4.78, 5) is 9.20. The molecular weight excluding hydrogens is 224 g/mol. The summed E-state index contributed by atoms with van der Waals surface area (Å²) >= 11 is 0. The Balaban J connectivity index is 1.98. The summed E-state index contributed by atoms with van der Waals surface area (Å²) < 4.78 is 0. The lowest BCUT2D eigenvalue weighted by molar-refractivity contribution is 0.109. The average Bonchev–Trinajstić information content (AvgIpc) is 2.40. The zero-order chi connectivity index (χ0) is 13.0. The zero-order valence-electron chi connectivity index (χ0n) is 11.7.